The number of nitrogens with zero attached hydrogens (tertiary/aromatic N) is 2. The van der Waals surface area contributed by atoms with Crippen LogP contribution in [0.2, 0.25) is 0 Å². The van der Waals surface area contributed by atoms with Gasteiger partial charge in [-0.15, -0.1) is 0 Å². The Bertz CT molecular complexity index is 1020. The fourth-order valence-electron chi connectivity index (χ4n) is 4.09. The van der Waals surface area contributed by atoms with E-state index < -0.39 is 5.79 Å². The van der Waals surface area contributed by atoms with Gasteiger partial charge in [0.05, 0.1) is 26.8 Å². The smallest absolute Gasteiger partial charge is 0.191 e. The summed E-state index contributed by atoms with van der Waals surface area (Å²) in [5.74, 6) is -0.456. The van der Waals surface area contributed by atoms with Crippen molar-refractivity contribution < 1.29 is 0 Å². The molecule has 5 rings (SSSR count). The molecule has 132 valence electrons. The molecule has 2 N–H and O–H groups in total. The van der Waals surface area contributed by atoms with E-state index in [1.807, 2.05) is 0 Å². The summed E-state index contributed by atoms with van der Waals surface area (Å²) < 4.78 is 6.82. The second kappa shape index (κ2) is 6.23. The van der Waals surface area contributed by atoms with Gasteiger partial charge in [-0.05, 0) is 56.1 Å². The average molecular weight is 474 g/mol. The summed E-state index contributed by atoms with van der Waals surface area (Å²) in [6.45, 7) is 2.62. The SMILES string of the molecule is Brc1cc2ccccc2n1C1(n2c(Br)cc3ccccc32)CNCCN1. The first kappa shape index (κ1) is 16.6. The molecule has 0 bridgehead atoms. The zero-order valence-corrected chi connectivity index (χ0v) is 17.2. The van der Waals surface area contributed by atoms with Crippen LogP contribution in [0.5, 0.6) is 0 Å². The van der Waals surface area contributed by atoms with E-state index in [1.165, 1.54) is 21.8 Å². The predicted octanol–water partition coefficient (Wildman–Crippen LogP) is 4.47. The zero-order valence-electron chi connectivity index (χ0n) is 14.0. The van der Waals surface area contributed by atoms with Crippen molar-refractivity contribution >= 4 is 53.7 Å². The summed E-state index contributed by atoms with van der Waals surface area (Å²) >= 11 is 7.64. The molecule has 1 fully saturated rings. The minimum Gasteiger partial charge on any atom is -0.310 e. The minimum atomic E-state index is -0.456. The van der Waals surface area contributed by atoms with Crippen LogP contribution in [0, 0.1) is 0 Å². The molecule has 0 amide bonds. The molecular weight excluding hydrogens is 456 g/mol. The maximum absolute atomic E-state index is 3.82. The lowest BCUT2D eigenvalue weighted by Gasteiger charge is -2.43. The molecule has 0 atom stereocenters. The molecule has 2 aromatic carbocycles. The van der Waals surface area contributed by atoms with Crippen LogP contribution in [0.25, 0.3) is 21.8 Å². The number of benzene rings is 2. The fourth-order valence-corrected chi connectivity index (χ4v) is 5.55. The van der Waals surface area contributed by atoms with Gasteiger partial charge < -0.3 is 5.32 Å². The second-order valence-electron chi connectivity index (χ2n) is 6.64. The Morgan fingerprint density at radius 1 is 0.769 bits per heavy atom. The van der Waals surface area contributed by atoms with Crippen molar-refractivity contribution in [1.29, 1.82) is 0 Å². The van der Waals surface area contributed by atoms with E-state index in [1.54, 1.807) is 0 Å². The summed E-state index contributed by atoms with van der Waals surface area (Å²) in [6, 6.07) is 21.4. The molecule has 0 unspecified atom stereocenters. The number of halogens is 2. The van der Waals surface area contributed by atoms with Crippen LogP contribution < -0.4 is 10.6 Å². The number of hydrogen-bond acceptors (Lipinski definition) is 2. The van der Waals surface area contributed by atoms with Crippen molar-refractivity contribution in [3.63, 3.8) is 0 Å². The molecule has 1 saturated heterocycles. The number of para-hydroxylation sites is 2. The van der Waals surface area contributed by atoms with Crippen LogP contribution in [0.4, 0.5) is 0 Å². The highest BCUT2D eigenvalue weighted by Crippen LogP contribution is 2.36. The van der Waals surface area contributed by atoms with Gasteiger partial charge in [0.2, 0.25) is 0 Å². The normalized spacial score (nSPS) is 17.2. The van der Waals surface area contributed by atoms with E-state index in [2.05, 4.69) is 112 Å². The Labute approximate surface area is 168 Å². The maximum atomic E-state index is 3.82. The Hall–Kier alpha value is -1.60. The topological polar surface area (TPSA) is 33.9 Å². The number of hydrogen-bond donors (Lipinski definition) is 2. The van der Waals surface area contributed by atoms with Gasteiger partial charge >= 0.3 is 0 Å². The fraction of sp³-hybridized carbons (Fsp3) is 0.200. The third-order valence-corrected chi connectivity index (χ3v) is 6.32. The van der Waals surface area contributed by atoms with Gasteiger partial charge in [-0.3, -0.25) is 14.5 Å². The Morgan fingerprint density at radius 2 is 1.31 bits per heavy atom. The van der Waals surface area contributed by atoms with Gasteiger partial charge in [0.25, 0.3) is 0 Å². The van der Waals surface area contributed by atoms with Crippen LogP contribution in [0.15, 0.2) is 69.9 Å². The molecule has 26 heavy (non-hydrogen) atoms. The molecule has 0 aliphatic carbocycles. The molecule has 1 aliphatic rings. The lowest BCUT2D eigenvalue weighted by molar-refractivity contribution is 0.143. The Morgan fingerprint density at radius 3 is 1.81 bits per heavy atom. The largest absolute Gasteiger partial charge is 0.310 e. The lowest BCUT2D eigenvalue weighted by atomic mass is 10.2. The van der Waals surface area contributed by atoms with Crippen LogP contribution in [0.1, 0.15) is 0 Å². The number of piperazine rings is 1. The summed E-state index contributed by atoms with van der Waals surface area (Å²) in [5.41, 5.74) is 2.39. The van der Waals surface area contributed by atoms with Gasteiger partial charge in [-0.1, -0.05) is 36.4 Å². The second-order valence-corrected chi connectivity index (χ2v) is 8.27. The van der Waals surface area contributed by atoms with Gasteiger partial charge in [0.1, 0.15) is 0 Å². The number of fused-ring (bicyclic) bond motifs is 2. The van der Waals surface area contributed by atoms with Crippen molar-refractivity contribution in [2.75, 3.05) is 19.6 Å². The lowest BCUT2D eigenvalue weighted by Crippen LogP contribution is -2.64. The van der Waals surface area contributed by atoms with Crippen molar-refractivity contribution in [3.05, 3.63) is 69.9 Å². The summed E-state index contributed by atoms with van der Waals surface area (Å²) in [7, 11) is 0. The van der Waals surface area contributed by atoms with Crippen LogP contribution in [0.3, 0.4) is 0 Å². The van der Waals surface area contributed by atoms with Crippen LogP contribution in [-0.2, 0) is 5.79 Å². The minimum absolute atomic E-state index is 0.456. The highest BCUT2D eigenvalue weighted by atomic mass is 79.9. The molecule has 3 heterocycles. The summed E-state index contributed by atoms with van der Waals surface area (Å²) in [6.07, 6.45) is 0. The van der Waals surface area contributed by atoms with Gasteiger partial charge in [-0.2, -0.15) is 0 Å². The number of aromatic nitrogens is 2. The average Bonchev–Trinajstić information content (AvgIpc) is 3.18. The van der Waals surface area contributed by atoms with Gasteiger partial charge in [-0.25, -0.2) is 0 Å². The first-order chi connectivity index (χ1) is 12.7. The first-order valence-corrected chi connectivity index (χ1v) is 10.3. The van der Waals surface area contributed by atoms with Crippen molar-refractivity contribution in [3.8, 4) is 0 Å². The summed E-state index contributed by atoms with van der Waals surface area (Å²) in [5, 5.41) is 9.84. The zero-order chi connectivity index (χ0) is 17.7. The molecule has 2 aromatic heterocycles. The van der Waals surface area contributed by atoms with Crippen LogP contribution in [-0.4, -0.2) is 28.8 Å². The molecule has 6 heteroatoms. The molecule has 4 nitrogen and oxygen atoms in total. The molecule has 0 spiro atoms. The molecular formula is C20H18Br2N4. The van der Waals surface area contributed by atoms with Crippen molar-refractivity contribution in [2.45, 2.75) is 5.79 Å². The Balaban J connectivity index is 1.88. The monoisotopic (exact) mass is 472 g/mol. The van der Waals surface area contributed by atoms with E-state index in [9.17, 15) is 0 Å². The van der Waals surface area contributed by atoms with Gasteiger partial charge in [0, 0.05) is 23.9 Å². The highest BCUT2D eigenvalue weighted by Gasteiger charge is 2.39. The number of nitrogens with one attached hydrogen (secondary N) is 2. The standard InChI is InChI=1S/C20H18Br2N4/c21-18-11-14-5-1-3-7-16(14)25(18)20(13-23-9-10-24-20)26-17-8-4-2-6-15(17)12-19(26)22/h1-8,11-12,23-24H,9-10,13H2. The molecule has 0 radical (unpaired) electrons. The van der Waals surface area contributed by atoms with E-state index in [-0.39, 0.29) is 0 Å². The van der Waals surface area contributed by atoms with Crippen molar-refractivity contribution in [1.82, 2.24) is 19.8 Å². The first-order valence-electron chi connectivity index (χ1n) is 8.69. The quantitative estimate of drug-likeness (QED) is 0.450. The van der Waals surface area contributed by atoms with E-state index in [0.717, 1.165) is 28.8 Å². The predicted molar refractivity (Wildman–Crippen MR) is 114 cm³/mol. The Kier molecular flexibility index (Phi) is 3.97. The molecule has 4 aromatic rings. The summed E-state index contributed by atoms with van der Waals surface area (Å²) in [4.78, 5) is 0. The van der Waals surface area contributed by atoms with E-state index in [0.29, 0.717) is 0 Å². The number of rotatable bonds is 2. The molecule has 1 aliphatic heterocycles. The third kappa shape index (κ3) is 2.33. The van der Waals surface area contributed by atoms with E-state index >= 15 is 0 Å². The third-order valence-electron chi connectivity index (χ3n) is 5.15. The highest BCUT2D eigenvalue weighted by molar-refractivity contribution is 9.10. The maximum Gasteiger partial charge on any atom is 0.191 e. The van der Waals surface area contributed by atoms with E-state index in [4.69, 9.17) is 0 Å². The van der Waals surface area contributed by atoms with Gasteiger partial charge in [0.15, 0.2) is 5.79 Å². The van der Waals surface area contributed by atoms with Crippen LogP contribution >= 0.6 is 31.9 Å². The van der Waals surface area contributed by atoms with Crippen molar-refractivity contribution in [2.24, 2.45) is 0 Å². The molecule has 0 saturated carbocycles.